The lowest BCUT2D eigenvalue weighted by Crippen LogP contribution is -2.59. The summed E-state index contributed by atoms with van der Waals surface area (Å²) in [6, 6.07) is 0.724. The molecule has 1 saturated heterocycles. The Morgan fingerprint density at radius 3 is 1.96 bits per heavy atom. The molecule has 1 aromatic heterocycles. The molecule has 0 saturated carbocycles. The Balaban J connectivity index is 2.35. The molecule has 136 valence electrons. The maximum absolute atomic E-state index is 5.67. The van der Waals surface area contributed by atoms with E-state index >= 15 is 0 Å². The van der Waals surface area contributed by atoms with Crippen LogP contribution in [-0.4, -0.2) is 61.0 Å². The average molecular weight is 339 g/mol. The second-order valence-corrected chi connectivity index (χ2v) is 6.68. The Hall–Kier alpha value is -1.47. The van der Waals surface area contributed by atoms with Gasteiger partial charge in [0.1, 0.15) is 13.1 Å². The van der Waals surface area contributed by atoms with E-state index < -0.39 is 0 Å². The summed E-state index contributed by atoms with van der Waals surface area (Å²) in [4.78, 5) is 13.5. The molecule has 0 N–H and O–H groups in total. The number of aromatic nitrogens is 3. The Labute approximate surface area is 145 Å². The van der Waals surface area contributed by atoms with E-state index in [1.165, 1.54) is 0 Å². The molecular weight excluding hydrogens is 308 g/mol. The zero-order valence-corrected chi connectivity index (χ0v) is 15.5. The van der Waals surface area contributed by atoms with Gasteiger partial charge < -0.3 is 14.2 Å². The van der Waals surface area contributed by atoms with Crippen LogP contribution in [0.1, 0.15) is 40.5 Å². The lowest BCUT2D eigenvalue weighted by Gasteiger charge is -2.39. The van der Waals surface area contributed by atoms with Gasteiger partial charge in [0, 0.05) is 5.92 Å². The van der Waals surface area contributed by atoms with Crippen LogP contribution in [0.25, 0.3) is 0 Å². The van der Waals surface area contributed by atoms with Gasteiger partial charge in [0.15, 0.2) is 0 Å². The van der Waals surface area contributed by atoms with Crippen molar-refractivity contribution >= 4 is 5.95 Å². The number of quaternary nitrogens is 1. The lowest BCUT2D eigenvalue weighted by molar-refractivity contribution is 0.0315. The molecule has 2 heterocycles. The number of nitrogens with zero attached hydrogens (tertiary/aromatic N) is 4. The predicted molar refractivity (Wildman–Crippen MR) is 93.5 cm³/mol. The molecule has 1 aromatic rings. The third-order valence-electron chi connectivity index (χ3n) is 3.92. The van der Waals surface area contributed by atoms with E-state index in [2.05, 4.69) is 42.6 Å². The molecule has 0 spiro atoms. The second kappa shape index (κ2) is 9.13. The number of ether oxygens (including phenoxy) is 3. The summed E-state index contributed by atoms with van der Waals surface area (Å²) in [6.45, 7) is 13.9. The summed E-state index contributed by atoms with van der Waals surface area (Å²) in [7, 11) is 0. The fourth-order valence-electron chi connectivity index (χ4n) is 2.91. The highest BCUT2D eigenvalue weighted by Crippen LogP contribution is 2.26. The lowest BCUT2D eigenvalue weighted by atomic mass is 10.1. The summed E-state index contributed by atoms with van der Waals surface area (Å²) in [5.74, 6) is 1.26. The highest BCUT2D eigenvalue weighted by atomic mass is 16.5. The normalized spacial score (nSPS) is 17.0. The van der Waals surface area contributed by atoms with Gasteiger partial charge >= 0.3 is 18.0 Å². The summed E-state index contributed by atoms with van der Waals surface area (Å²) < 4.78 is 17.6. The van der Waals surface area contributed by atoms with E-state index in [1.807, 2.05) is 0 Å². The molecule has 2 rings (SSSR count). The Morgan fingerprint density at radius 1 is 0.958 bits per heavy atom. The third-order valence-corrected chi connectivity index (χ3v) is 3.92. The van der Waals surface area contributed by atoms with Crippen molar-refractivity contribution in [3.63, 3.8) is 0 Å². The molecule has 0 amide bonds. The smallest absolute Gasteiger partial charge is 0.338 e. The molecule has 1 aliphatic rings. The van der Waals surface area contributed by atoms with E-state index in [0.717, 1.165) is 38.4 Å². The molecule has 0 radical (unpaired) electrons. The average Bonchev–Trinajstić information content (AvgIpc) is 2.58. The van der Waals surface area contributed by atoms with Crippen LogP contribution in [0.15, 0.2) is 0 Å². The van der Waals surface area contributed by atoms with E-state index in [1.54, 1.807) is 0 Å². The molecule has 0 aliphatic carbocycles. The first-order valence-corrected chi connectivity index (χ1v) is 9.05. The summed E-state index contributed by atoms with van der Waals surface area (Å²) in [6.07, 6.45) is 1.82. The number of morpholine rings is 1. The fraction of sp³-hybridized carbons (Fsp3) is 0.824. The van der Waals surface area contributed by atoms with E-state index in [-0.39, 0.29) is 0 Å². The first kappa shape index (κ1) is 18.9. The van der Waals surface area contributed by atoms with Crippen molar-refractivity contribution in [1.82, 2.24) is 19.4 Å². The van der Waals surface area contributed by atoms with Crippen molar-refractivity contribution in [3.05, 3.63) is 0 Å². The maximum Gasteiger partial charge on any atom is 0.338 e. The highest BCUT2D eigenvalue weighted by molar-refractivity contribution is 5.29. The second-order valence-electron chi connectivity index (χ2n) is 6.68. The van der Waals surface area contributed by atoms with Crippen LogP contribution in [0.5, 0.6) is 12.0 Å². The highest BCUT2D eigenvalue weighted by Gasteiger charge is 2.38. The topological polar surface area (TPSA) is 66.4 Å². The number of hydrogen-bond donors (Lipinski definition) is 0. The van der Waals surface area contributed by atoms with Crippen LogP contribution in [-0.2, 0) is 4.74 Å². The van der Waals surface area contributed by atoms with Gasteiger partial charge in [-0.1, -0.05) is 27.7 Å². The van der Waals surface area contributed by atoms with Gasteiger partial charge in [-0.15, -0.1) is 15.0 Å². The van der Waals surface area contributed by atoms with Gasteiger partial charge in [-0.25, -0.2) is 0 Å². The van der Waals surface area contributed by atoms with Crippen LogP contribution in [0.4, 0.5) is 5.95 Å². The van der Waals surface area contributed by atoms with E-state index in [4.69, 9.17) is 14.2 Å². The van der Waals surface area contributed by atoms with Crippen molar-refractivity contribution in [3.8, 4) is 12.0 Å². The van der Waals surface area contributed by atoms with Crippen LogP contribution < -0.4 is 14.0 Å². The number of hydrogen-bond acceptors (Lipinski definition) is 6. The number of rotatable bonds is 9. The summed E-state index contributed by atoms with van der Waals surface area (Å²) in [5.41, 5.74) is 0. The van der Waals surface area contributed by atoms with E-state index in [9.17, 15) is 0 Å². The largest absolute Gasteiger partial charge is 0.463 e. The SMILES string of the molecule is CCCOc1nc(OCCC)nc([N+]2(CC(C)C)CCOCC2)n1. The van der Waals surface area contributed by atoms with E-state index in [0.29, 0.717) is 48.8 Å². The zero-order chi connectivity index (χ0) is 17.4. The monoisotopic (exact) mass is 339 g/mol. The molecule has 0 atom stereocenters. The first-order valence-electron chi connectivity index (χ1n) is 9.05. The minimum absolute atomic E-state index is 0.362. The molecule has 0 bridgehead atoms. The minimum Gasteiger partial charge on any atom is -0.463 e. The molecule has 1 aliphatic heterocycles. The van der Waals surface area contributed by atoms with Gasteiger partial charge in [0.2, 0.25) is 0 Å². The molecule has 24 heavy (non-hydrogen) atoms. The zero-order valence-electron chi connectivity index (χ0n) is 15.5. The van der Waals surface area contributed by atoms with Crippen molar-refractivity contribution in [2.75, 3.05) is 46.1 Å². The molecule has 0 aromatic carbocycles. The van der Waals surface area contributed by atoms with Crippen LogP contribution >= 0.6 is 0 Å². The standard InChI is InChI=1S/C17H31N4O3/c1-5-9-23-16-18-15(19-17(20-16)24-10-6-2)21(13-14(3)4)7-11-22-12-8-21/h14H,5-13H2,1-4H3/q+1. The molecule has 1 fully saturated rings. The quantitative estimate of drug-likeness (QED) is 0.644. The van der Waals surface area contributed by atoms with Crippen molar-refractivity contribution in [2.45, 2.75) is 40.5 Å². The minimum atomic E-state index is 0.362. The molecule has 7 nitrogen and oxygen atoms in total. The van der Waals surface area contributed by atoms with Gasteiger partial charge in [-0.2, -0.15) is 0 Å². The van der Waals surface area contributed by atoms with Gasteiger partial charge in [0.25, 0.3) is 0 Å². The fourth-order valence-corrected chi connectivity index (χ4v) is 2.91. The van der Waals surface area contributed by atoms with Crippen LogP contribution in [0.3, 0.4) is 0 Å². The Kier molecular flexibility index (Phi) is 7.17. The molecular formula is C17H31N4O3+. The van der Waals surface area contributed by atoms with Crippen LogP contribution in [0.2, 0.25) is 0 Å². The molecule has 0 unspecified atom stereocenters. The summed E-state index contributed by atoms with van der Waals surface area (Å²) in [5, 5.41) is 0. The Bertz CT molecular complexity index is 478. The van der Waals surface area contributed by atoms with Crippen molar-refractivity contribution in [1.29, 1.82) is 0 Å². The van der Waals surface area contributed by atoms with Gasteiger partial charge in [-0.3, -0.25) is 4.48 Å². The molecule has 7 heteroatoms. The van der Waals surface area contributed by atoms with Crippen LogP contribution in [0, 0.1) is 5.92 Å². The summed E-state index contributed by atoms with van der Waals surface area (Å²) >= 11 is 0. The first-order chi connectivity index (χ1) is 11.6. The third kappa shape index (κ3) is 5.01. The Morgan fingerprint density at radius 2 is 1.50 bits per heavy atom. The maximum atomic E-state index is 5.67. The van der Waals surface area contributed by atoms with Gasteiger partial charge in [-0.05, 0) is 12.8 Å². The van der Waals surface area contributed by atoms with Crippen molar-refractivity contribution in [2.24, 2.45) is 5.92 Å². The van der Waals surface area contributed by atoms with Crippen molar-refractivity contribution < 1.29 is 14.2 Å². The predicted octanol–water partition coefficient (Wildman–Crippen LogP) is 2.44. The van der Waals surface area contributed by atoms with Gasteiger partial charge in [0.05, 0.1) is 33.0 Å².